The van der Waals surface area contributed by atoms with E-state index in [-0.39, 0.29) is 13.2 Å². The van der Waals surface area contributed by atoms with Crippen LogP contribution in [0.5, 0.6) is 5.75 Å². The number of carbonyl (C=O) groups is 1. The van der Waals surface area contributed by atoms with E-state index in [0.29, 0.717) is 11.8 Å². The lowest BCUT2D eigenvalue weighted by Crippen LogP contribution is -2.26. The molecule has 3 rings (SSSR count). The van der Waals surface area contributed by atoms with Crippen molar-refractivity contribution >= 4 is 5.97 Å². The molecule has 4 nitrogen and oxygen atoms in total. The number of aliphatic hydroxyl groups excluding tert-OH is 1. The zero-order chi connectivity index (χ0) is 15.5. The summed E-state index contributed by atoms with van der Waals surface area (Å²) in [5.74, 6) is 1.95. The minimum atomic E-state index is -0.934. The number of benzene rings is 1. The highest BCUT2D eigenvalue weighted by Gasteiger charge is 2.39. The van der Waals surface area contributed by atoms with Crippen LogP contribution in [0.1, 0.15) is 36.8 Å². The van der Waals surface area contributed by atoms with Crippen molar-refractivity contribution in [1.82, 2.24) is 0 Å². The molecule has 0 aromatic heterocycles. The van der Waals surface area contributed by atoms with Crippen molar-refractivity contribution in [2.24, 2.45) is 17.8 Å². The molecule has 2 aliphatic carbocycles. The van der Waals surface area contributed by atoms with Gasteiger partial charge in [-0.05, 0) is 73.5 Å². The average Bonchev–Trinajstić information content (AvgIpc) is 2.90. The molecule has 0 saturated heterocycles. The Kier molecular flexibility index (Phi) is 4.67. The Balaban J connectivity index is 1.75. The molecule has 0 bridgehead atoms. The maximum absolute atomic E-state index is 10.7. The minimum absolute atomic E-state index is 0.274. The van der Waals surface area contributed by atoms with E-state index in [1.807, 2.05) is 12.1 Å². The summed E-state index contributed by atoms with van der Waals surface area (Å²) in [5.41, 5.74) is 2.54. The van der Waals surface area contributed by atoms with E-state index in [4.69, 9.17) is 14.9 Å². The Morgan fingerprint density at radius 1 is 1.27 bits per heavy atom. The molecule has 2 aliphatic rings. The predicted octanol–water partition coefficient (Wildman–Crippen LogP) is 2.66. The second kappa shape index (κ2) is 6.69. The van der Waals surface area contributed by atoms with E-state index in [1.165, 1.54) is 24.0 Å². The van der Waals surface area contributed by atoms with Gasteiger partial charge in [-0.2, -0.15) is 0 Å². The normalized spacial score (nSPS) is 26.3. The molecule has 0 aliphatic heterocycles. The van der Waals surface area contributed by atoms with Crippen LogP contribution in [-0.4, -0.2) is 29.4 Å². The number of ether oxygens (including phenoxy) is 1. The first kappa shape index (κ1) is 15.3. The number of aliphatic hydroxyl groups is 1. The Morgan fingerprint density at radius 3 is 2.91 bits per heavy atom. The van der Waals surface area contributed by atoms with Gasteiger partial charge in [0.2, 0.25) is 0 Å². The molecule has 120 valence electrons. The number of hydrogen-bond acceptors (Lipinski definition) is 3. The van der Waals surface area contributed by atoms with Gasteiger partial charge in [-0.15, -0.1) is 0 Å². The molecule has 0 radical (unpaired) electrons. The lowest BCUT2D eigenvalue weighted by molar-refractivity contribution is -0.139. The fourth-order valence-electron chi connectivity index (χ4n) is 4.36. The van der Waals surface area contributed by atoms with Crippen molar-refractivity contribution in [3.63, 3.8) is 0 Å². The molecule has 2 unspecified atom stereocenters. The van der Waals surface area contributed by atoms with Gasteiger partial charge >= 0.3 is 5.97 Å². The topological polar surface area (TPSA) is 66.8 Å². The van der Waals surface area contributed by atoms with Gasteiger partial charge in [0, 0.05) is 6.61 Å². The molecule has 0 spiro atoms. The van der Waals surface area contributed by atoms with Gasteiger partial charge in [0.25, 0.3) is 0 Å². The van der Waals surface area contributed by atoms with Crippen LogP contribution in [0.2, 0.25) is 0 Å². The molecule has 4 heteroatoms. The summed E-state index contributed by atoms with van der Waals surface area (Å²) in [7, 11) is 0. The summed E-state index contributed by atoms with van der Waals surface area (Å²) in [6.45, 7) is 0.0152. The molecule has 1 fully saturated rings. The number of aliphatic carboxylic acids is 1. The van der Waals surface area contributed by atoms with E-state index < -0.39 is 5.97 Å². The van der Waals surface area contributed by atoms with Crippen molar-refractivity contribution in [3.8, 4) is 5.75 Å². The van der Waals surface area contributed by atoms with Crippen LogP contribution >= 0.6 is 0 Å². The lowest BCUT2D eigenvalue weighted by Gasteiger charge is -2.32. The van der Waals surface area contributed by atoms with Gasteiger partial charge in [-0.1, -0.05) is 12.1 Å². The first-order valence-corrected chi connectivity index (χ1v) is 8.25. The first-order chi connectivity index (χ1) is 10.7. The van der Waals surface area contributed by atoms with Crippen LogP contribution in [0.4, 0.5) is 0 Å². The average molecular weight is 304 g/mol. The van der Waals surface area contributed by atoms with Crippen LogP contribution < -0.4 is 4.74 Å². The largest absolute Gasteiger partial charge is 0.482 e. The van der Waals surface area contributed by atoms with E-state index in [1.54, 1.807) is 0 Å². The summed E-state index contributed by atoms with van der Waals surface area (Å²) in [6.07, 6.45) is 6.61. The van der Waals surface area contributed by atoms with E-state index in [2.05, 4.69) is 6.07 Å². The maximum Gasteiger partial charge on any atom is 0.341 e. The molecule has 0 heterocycles. The SMILES string of the molecule is O=C(O)COc1cccc2c1CC1CCC(CCCO)[C@H]1C2. The van der Waals surface area contributed by atoms with Gasteiger partial charge in [0.15, 0.2) is 6.61 Å². The van der Waals surface area contributed by atoms with Crippen LogP contribution in [0, 0.1) is 17.8 Å². The summed E-state index contributed by atoms with van der Waals surface area (Å²) in [4.78, 5) is 10.7. The van der Waals surface area contributed by atoms with Gasteiger partial charge in [-0.3, -0.25) is 0 Å². The quantitative estimate of drug-likeness (QED) is 0.848. The van der Waals surface area contributed by atoms with E-state index >= 15 is 0 Å². The molecule has 2 N–H and O–H groups in total. The zero-order valence-corrected chi connectivity index (χ0v) is 12.8. The van der Waals surface area contributed by atoms with Crippen molar-refractivity contribution < 1.29 is 19.7 Å². The summed E-state index contributed by atoms with van der Waals surface area (Å²) < 4.78 is 5.47. The van der Waals surface area contributed by atoms with E-state index in [0.717, 1.165) is 37.4 Å². The molecule has 1 aromatic carbocycles. The van der Waals surface area contributed by atoms with Crippen molar-refractivity contribution in [2.45, 2.75) is 38.5 Å². The molecule has 3 atom stereocenters. The van der Waals surface area contributed by atoms with Crippen LogP contribution in [0.25, 0.3) is 0 Å². The molecule has 22 heavy (non-hydrogen) atoms. The standard InChI is InChI=1S/C18H24O4/c19-8-2-4-12-6-7-14-10-16-13(9-15(12)14)3-1-5-17(16)22-11-18(20)21/h1,3,5,12,14-15,19H,2,4,6-11H2,(H,20,21)/t12?,14?,15-/m1/s1. The number of fused-ring (bicyclic) bond motifs is 2. The number of hydrogen-bond donors (Lipinski definition) is 2. The van der Waals surface area contributed by atoms with Gasteiger partial charge in [-0.25, -0.2) is 4.79 Å². The zero-order valence-electron chi connectivity index (χ0n) is 12.8. The third-order valence-electron chi connectivity index (χ3n) is 5.36. The highest BCUT2D eigenvalue weighted by molar-refractivity contribution is 5.68. The molecule has 1 aromatic rings. The van der Waals surface area contributed by atoms with Crippen LogP contribution in [0.15, 0.2) is 18.2 Å². The smallest absolute Gasteiger partial charge is 0.341 e. The Labute approximate surface area is 131 Å². The molecular weight excluding hydrogens is 280 g/mol. The van der Waals surface area contributed by atoms with Crippen molar-refractivity contribution in [1.29, 1.82) is 0 Å². The van der Waals surface area contributed by atoms with Crippen LogP contribution in [-0.2, 0) is 17.6 Å². The number of carboxylic acid groups (broad SMARTS) is 1. The van der Waals surface area contributed by atoms with Crippen LogP contribution in [0.3, 0.4) is 0 Å². The van der Waals surface area contributed by atoms with Gasteiger partial charge < -0.3 is 14.9 Å². The summed E-state index contributed by atoms with van der Waals surface area (Å²) in [6, 6.07) is 6.01. The molecule has 0 amide bonds. The third-order valence-corrected chi connectivity index (χ3v) is 5.36. The summed E-state index contributed by atoms with van der Waals surface area (Å²) >= 11 is 0. The van der Waals surface area contributed by atoms with E-state index in [9.17, 15) is 4.79 Å². The highest BCUT2D eigenvalue weighted by Crippen LogP contribution is 2.48. The molecule has 1 saturated carbocycles. The van der Waals surface area contributed by atoms with Crippen molar-refractivity contribution in [3.05, 3.63) is 29.3 Å². The first-order valence-electron chi connectivity index (χ1n) is 8.25. The maximum atomic E-state index is 10.7. The Bertz CT molecular complexity index is 540. The Morgan fingerprint density at radius 2 is 2.14 bits per heavy atom. The lowest BCUT2D eigenvalue weighted by atomic mass is 9.74. The number of rotatable bonds is 6. The second-order valence-corrected chi connectivity index (χ2v) is 6.61. The highest BCUT2D eigenvalue weighted by atomic mass is 16.5. The monoisotopic (exact) mass is 304 g/mol. The minimum Gasteiger partial charge on any atom is -0.482 e. The van der Waals surface area contributed by atoms with Gasteiger partial charge in [0.05, 0.1) is 0 Å². The van der Waals surface area contributed by atoms with Gasteiger partial charge in [0.1, 0.15) is 5.75 Å². The fourth-order valence-corrected chi connectivity index (χ4v) is 4.36. The van der Waals surface area contributed by atoms with Crippen molar-refractivity contribution in [2.75, 3.05) is 13.2 Å². The Hall–Kier alpha value is -1.55. The third kappa shape index (κ3) is 3.12. The number of carboxylic acids is 1. The second-order valence-electron chi connectivity index (χ2n) is 6.61. The fraction of sp³-hybridized carbons (Fsp3) is 0.611. The predicted molar refractivity (Wildman–Crippen MR) is 83.0 cm³/mol. The summed E-state index contributed by atoms with van der Waals surface area (Å²) in [5, 5.41) is 17.9. The molecular formula is C18H24O4.